The molecule has 2 rings (SSSR count). The number of hydrogen-bond acceptors (Lipinski definition) is 9. The van der Waals surface area contributed by atoms with E-state index < -0.39 is 17.6 Å². The molecule has 0 aromatic carbocycles. The third-order valence-electron chi connectivity index (χ3n) is 6.17. The van der Waals surface area contributed by atoms with Crippen molar-refractivity contribution >= 4 is 47.1 Å². The number of carbonyl (C=O) groups is 1. The first-order chi connectivity index (χ1) is 17.8. The van der Waals surface area contributed by atoms with Crippen LogP contribution in [0.3, 0.4) is 0 Å². The lowest BCUT2D eigenvalue weighted by molar-refractivity contribution is -0.111. The smallest absolute Gasteiger partial charge is 0.508 e. The molecule has 0 saturated heterocycles. The Kier molecular flexibility index (Phi) is 16.1. The SMILES string of the molecule is CCCCCCCC(=O)SCCC[Si]1(OCCC(C)O[Si]2(CCCS)OC=CC(C)O2)OC=CC(C)O1. The van der Waals surface area contributed by atoms with E-state index in [1.165, 1.54) is 31.0 Å². The van der Waals surface area contributed by atoms with Crippen LogP contribution in [0.4, 0.5) is 0 Å². The quantitative estimate of drug-likeness (QED) is 0.0986. The summed E-state index contributed by atoms with van der Waals surface area (Å²) in [4.78, 5) is 12.2. The number of thioether (sulfide) groups is 1. The molecule has 0 radical (unpaired) electrons. The van der Waals surface area contributed by atoms with Crippen LogP contribution in [0.15, 0.2) is 24.7 Å². The van der Waals surface area contributed by atoms with Gasteiger partial charge in [0.1, 0.15) is 0 Å². The van der Waals surface area contributed by atoms with E-state index in [4.69, 9.17) is 26.6 Å². The number of carbonyl (C=O) groups excluding carboxylic acids is 1. The van der Waals surface area contributed by atoms with Gasteiger partial charge in [0.2, 0.25) is 0 Å². The van der Waals surface area contributed by atoms with Crippen LogP contribution in [0.1, 0.15) is 85.5 Å². The first kappa shape index (κ1) is 32.9. The van der Waals surface area contributed by atoms with Gasteiger partial charge in [0.15, 0.2) is 5.12 Å². The van der Waals surface area contributed by atoms with Gasteiger partial charge in [-0.1, -0.05) is 44.4 Å². The van der Waals surface area contributed by atoms with Crippen LogP contribution in [0, 0.1) is 0 Å². The second kappa shape index (κ2) is 18.1. The largest absolute Gasteiger partial charge is 0.566 e. The topological polar surface area (TPSA) is 72.5 Å². The fourth-order valence-electron chi connectivity index (χ4n) is 4.16. The maximum Gasteiger partial charge on any atom is 0.566 e. The van der Waals surface area contributed by atoms with Gasteiger partial charge in [-0.2, -0.15) is 12.6 Å². The summed E-state index contributed by atoms with van der Waals surface area (Å²) >= 11 is 5.77. The Hall–Kier alpha value is -0.276. The third kappa shape index (κ3) is 13.1. The van der Waals surface area contributed by atoms with Crippen molar-refractivity contribution in [3.05, 3.63) is 24.7 Å². The summed E-state index contributed by atoms with van der Waals surface area (Å²) in [6.45, 7) is 8.68. The van der Waals surface area contributed by atoms with E-state index in [1.807, 2.05) is 32.9 Å². The lowest BCUT2D eigenvalue weighted by Crippen LogP contribution is -2.51. The van der Waals surface area contributed by atoms with Crippen molar-refractivity contribution in [2.75, 3.05) is 18.1 Å². The lowest BCUT2D eigenvalue weighted by Gasteiger charge is -2.36. The van der Waals surface area contributed by atoms with Crippen LogP contribution in [-0.4, -0.2) is 59.1 Å². The summed E-state index contributed by atoms with van der Waals surface area (Å²) < 4.78 is 37.0. The fourth-order valence-corrected chi connectivity index (χ4v) is 11.0. The Morgan fingerprint density at radius 1 is 0.973 bits per heavy atom. The highest BCUT2D eigenvalue weighted by molar-refractivity contribution is 8.13. The molecule has 0 aliphatic carbocycles. The van der Waals surface area contributed by atoms with Crippen molar-refractivity contribution in [2.45, 2.75) is 116 Å². The Morgan fingerprint density at radius 3 is 2.30 bits per heavy atom. The molecule has 0 aromatic heterocycles. The average Bonchev–Trinajstić information content (AvgIpc) is 2.85. The van der Waals surface area contributed by atoms with Gasteiger partial charge in [-0.15, -0.1) is 0 Å². The minimum Gasteiger partial charge on any atom is -0.508 e. The molecule has 0 fully saturated rings. The lowest BCUT2D eigenvalue weighted by atomic mass is 10.1. The highest BCUT2D eigenvalue weighted by atomic mass is 32.2. The van der Waals surface area contributed by atoms with Gasteiger partial charge < -0.3 is 26.6 Å². The van der Waals surface area contributed by atoms with Crippen molar-refractivity contribution in [1.29, 1.82) is 0 Å². The molecule has 2 aliphatic rings. The molecule has 2 aliphatic heterocycles. The summed E-state index contributed by atoms with van der Waals surface area (Å²) in [6.07, 6.45) is 15.9. The number of thiol groups is 1. The first-order valence-corrected chi connectivity index (χ1v) is 19.4. The molecular formula is C26H48O7S2Si2. The van der Waals surface area contributed by atoms with Crippen LogP contribution >= 0.6 is 24.4 Å². The van der Waals surface area contributed by atoms with Crippen molar-refractivity contribution in [1.82, 2.24) is 0 Å². The standard InChI is InChI=1S/C26H48O7S2Si2/c1-5-6-7-8-9-12-26(27)35-20-11-22-36(28-16-13-23(2)31-36)29-17-14-24(3)32-37(21-10-19-34)30-18-15-25(4)33-37/h13,15-16,18,23-25,34H,5-12,14,17,19-22H2,1-4H3. The van der Waals surface area contributed by atoms with Crippen LogP contribution in [0.5, 0.6) is 0 Å². The van der Waals surface area contributed by atoms with Crippen LogP contribution in [-0.2, 0) is 31.4 Å². The van der Waals surface area contributed by atoms with Crippen LogP contribution < -0.4 is 0 Å². The second-order valence-corrected chi connectivity index (χ2v) is 16.6. The minimum absolute atomic E-state index is 0.0254. The van der Waals surface area contributed by atoms with Gasteiger partial charge in [0.25, 0.3) is 0 Å². The van der Waals surface area contributed by atoms with Crippen molar-refractivity contribution in [2.24, 2.45) is 0 Å². The average molecular weight is 593 g/mol. The molecule has 5 unspecified atom stereocenters. The van der Waals surface area contributed by atoms with Gasteiger partial charge in [-0.25, -0.2) is 0 Å². The van der Waals surface area contributed by atoms with Crippen molar-refractivity contribution in [3.8, 4) is 0 Å². The van der Waals surface area contributed by atoms with E-state index in [-0.39, 0.29) is 23.4 Å². The monoisotopic (exact) mass is 592 g/mol. The zero-order chi connectivity index (χ0) is 27.0. The van der Waals surface area contributed by atoms with Gasteiger partial charge in [-0.05, 0) is 64.4 Å². The number of unbranched alkanes of at least 4 members (excludes halogenated alkanes) is 4. The van der Waals surface area contributed by atoms with E-state index in [9.17, 15) is 4.79 Å². The van der Waals surface area contributed by atoms with Gasteiger partial charge in [0, 0.05) is 37.0 Å². The molecule has 0 N–H and O–H groups in total. The van der Waals surface area contributed by atoms with Crippen molar-refractivity contribution in [3.63, 3.8) is 0 Å². The zero-order valence-electron chi connectivity index (χ0n) is 23.2. The molecule has 214 valence electrons. The molecule has 0 aromatic rings. The molecule has 0 spiro atoms. The molecule has 5 atom stereocenters. The molecular weight excluding hydrogens is 545 g/mol. The van der Waals surface area contributed by atoms with E-state index in [0.717, 1.165) is 43.2 Å². The summed E-state index contributed by atoms with van der Waals surface area (Å²) in [5.74, 6) is 1.52. The predicted octanol–water partition coefficient (Wildman–Crippen LogP) is 6.90. The normalized spacial score (nSPS) is 28.0. The van der Waals surface area contributed by atoms with E-state index >= 15 is 0 Å². The van der Waals surface area contributed by atoms with Gasteiger partial charge >= 0.3 is 17.6 Å². The maximum atomic E-state index is 12.2. The Balaban J connectivity index is 1.78. The molecule has 11 heteroatoms. The van der Waals surface area contributed by atoms with E-state index in [1.54, 1.807) is 12.5 Å². The summed E-state index contributed by atoms with van der Waals surface area (Å²) in [5, 5.41) is 0.283. The van der Waals surface area contributed by atoms with Crippen LogP contribution in [0.25, 0.3) is 0 Å². The van der Waals surface area contributed by atoms with Crippen LogP contribution in [0.2, 0.25) is 12.1 Å². The van der Waals surface area contributed by atoms with Crippen molar-refractivity contribution < 1.29 is 31.4 Å². The van der Waals surface area contributed by atoms with Gasteiger partial charge in [0.05, 0.1) is 24.7 Å². The van der Waals surface area contributed by atoms with E-state index in [0.29, 0.717) is 25.5 Å². The third-order valence-corrected chi connectivity index (χ3v) is 13.3. The number of rotatable bonds is 19. The summed E-state index contributed by atoms with van der Waals surface area (Å²) in [7, 11) is -5.66. The Bertz CT molecular complexity index is 714. The fraction of sp³-hybridized carbons (Fsp3) is 0.808. The molecule has 0 amide bonds. The highest BCUT2D eigenvalue weighted by Gasteiger charge is 2.47. The molecule has 0 bridgehead atoms. The Morgan fingerprint density at radius 2 is 1.62 bits per heavy atom. The molecule has 37 heavy (non-hydrogen) atoms. The highest BCUT2D eigenvalue weighted by Crippen LogP contribution is 2.29. The molecule has 0 saturated carbocycles. The van der Waals surface area contributed by atoms with E-state index in [2.05, 4.69) is 19.6 Å². The zero-order valence-corrected chi connectivity index (χ0v) is 26.9. The summed E-state index contributed by atoms with van der Waals surface area (Å²) in [5.41, 5.74) is 0. The van der Waals surface area contributed by atoms with Gasteiger partial charge in [-0.3, -0.25) is 4.79 Å². The molecule has 7 nitrogen and oxygen atoms in total. The second-order valence-electron chi connectivity index (χ2n) is 9.79. The Labute approximate surface area is 236 Å². The minimum atomic E-state index is -2.87. The maximum absolute atomic E-state index is 12.2. The first-order valence-electron chi connectivity index (χ1n) is 13.9. The molecule has 2 heterocycles. The predicted molar refractivity (Wildman–Crippen MR) is 158 cm³/mol. The summed E-state index contributed by atoms with van der Waals surface area (Å²) in [6, 6.07) is 1.42. The number of hydrogen-bond donors (Lipinski definition) is 1.